The molecule has 46 heavy (non-hydrogen) atoms. The lowest BCUT2D eigenvalue weighted by molar-refractivity contribution is -0.141. The average molecular weight is 655 g/mol. The molecule has 1 aliphatic rings. The molecule has 19 nitrogen and oxygen atoms in total. The Morgan fingerprint density at radius 1 is 0.630 bits per heavy atom. The summed E-state index contributed by atoms with van der Waals surface area (Å²) in [5.41, 5.74) is 10.5. The standard InChI is InChI=1S/C27H46N10O9/c1-12(28)22(41)34-14(3)23(42)30-10-20(39)33-15(4)24(43)35-16(5)25(44)36-17(6)27(46)37-9-7-8-18(37)26(45)31-11-19(38)32-13(2)21(29)40/h12-18H,7-11,28H2,1-6H3,(H2,29,40)(H,30,42)(H,31,45)(H,32,38)(H,33,39)(H,34,41)(H,35,43)(H,36,44)/t12-,13+,14+,15+,16+,17+,18+/m1/s1. The number of hydrogen-bond donors (Lipinski definition) is 9. The molecule has 7 atom stereocenters. The fourth-order valence-corrected chi connectivity index (χ4v) is 4.09. The second-order valence-corrected chi connectivity index (χ2v) is 11.1. The van der Waals surface area contributed by atoms with Crippen LogP contribution in [0.3, 0.4) is 0 Å². The Balaban J connectivity index is 2.55. The molecule has 0 aliphatic carbocycles. The fraction of sp³-hybridized carbons (Fsp3) is 0.667. The van der Waals surface area contributed by atoms with Gasteiger partial charge in [-0.1, -0.05) is 0 Å². The van der Waals surface area contributed by atoms with Crippen molar-refractivity contribution in [1.29, 1.82) is 0 Å². The first kappa shape index (κ1) is 39.2. The van der Waals surface area contributed by atoms with Crippen molar-refractivity contribution in [2.45, 2.75) is 96.7 Å². The summed E-state index contributed by atoms with van der Waals surface area (Å²) in [4.78, 5) is 111. The van der Waals surface area contributed by atoms with E-state index in [1.54, 1.807) is 0 Å². The van der Waals surface area contributed by atoms with E-state index in [-0.39, 0.29) is 6.54 Å². The first-order valence-electron chi connectivity index (χ1n) is 14.8. The lowest BCUT2D eigenvalue weighted by Gasteiger charge is -2.28. The molecule has 1 rings (SSSR count). The molecular formula is C27H46N10O9. The molecule has 1 fully saturated rings. The normalized spacial score (nSPS) is 17.9. The van der Waals surface area contributed by atoms with Crippen LogP contribution in [0.1, 0.15) is 54.4 Å². The molecule has 0 unspecified atom stereocenters. The van der Waals surface area contributed by atoms with Crippen LogP contribution in [0.25, 0.3) is 0 Å². The van der Waals surface area contributed by atoms with Gasteiger partial charge in [-0.25, -0.2) is 0 Å². The Morgan fingerprint density at radius 2 is 1.09 bits per heavy atom. The molecule has 0 aromatic rings. The molecule has 0 aromatic heterocycles. The minimum Gasteiger partial charge on any atom is -0.368 e. The van der Waals surface area contributed by atoms with Crippen molar-refractivity contribution in [3.05, 3.63) is 0 Å². The smallest absolute Gasteiger partial charge is 0.245 e. The zero-order chi connectivity index (χ0) is 35.3. The maximum absolute atomic E-state index is 13.1. The predicted octanol–water partition coefficient (Wildman–Crippen LogP) is -5.43. The molecule has 0 saturated carbocycles. The van der Waals surface area contributed by atoms with Gasteiger partial charge in [0.25, 0.3) is 0 Å². The highest BCUT2D eigenvalue weighted by molar-refractivity contribution is 5.97. The van der Waals surface area contributed by atoms with Gasteiger partial charge in [-0.2, -0.15) is 0 Å². The second kappa shape index (κ2) is 18.2. The van der Waals surface area contributed by atoms with Crippen molar-refractivity contribution in [2.75, 3.05) is 19.6 Å². The molecule has 11 N–H and O–H groups in total. The largest absolute Gasteiger partial charge is 0.368 e. The number of nitrogens with zero attached hydrogens (tertiary/aromatic N) is 1. The predicted molar refractivity (Wildman–Crippen MR) is 162 cm³/mol. The van der Waals surface area contributed by atoms with E-state index in [2.05, 4.69) is 37.2 Å². The molecule has 1 saturated heterocycles. The molecule has 258 valence electrons. The van der Waals surface area contributed by atoms with Gasteiger partial charge in [0.2, 0.25) is 53.2 Å². The van der Waals surface area contributed by atoms with Gasteiger partial charge in [-0.3, -0.25) is 43.2 Å². The number of nitrogens with one attached hydrogen (secondary N) is 7. The van der Waals surface area contributed by atoms with Gasteiger partial charge < -0.3 is 53.6 Å². The van der Waals surface area contributed by atoms with E-state index < -0.39 is 109 Å². The summed E-state index contributed by atoms with van der Waals surface area (Å²) in [6.07, 6.45) is 0.846. The molecule has 0 bridgehead atoms. The molecule has 1 aliphatic heterocycles. The zero-order valence-electron chi connectivity index (χ0n) is 26.9. The van der Waals surface area contributed by atoms with Crippen LogP contribution in [-0.4, -0.2) is 120 Å². The molecule has 0 radical (unpaired) electrons. The highest BCUT2D eigenvalue weighted by atomic mass is 16.2. The van der Waals surface area contributed by atoms with E-state index in [1.165, 1.54) is 46.4 Å². The minimum absolute atomic E-state index is 0.243. The maximum atomic E-state index is 13.1. The van der Waals surface area contributed by atoms with Crippen LogP contribution in [0, 0.1) is 0 Å². The van der Waals surface area contributed by atoms with Crippen molar-refractivity contribution >= 4 is 53.2 Å². The summed E-state index contributed by atoms with van der Waals surface area (Å²) < 4.78 is 0. The van der Waals surface area contributed by atoms with E-state index in [1.807, 2.05) is 0 Å². The van der Waals surface area contributed by atoms with Crippen molar-refractivity contribution < 1.29 is 43.2 Å². The Morgan fingerprint density at radius 3 is 1.63 bits per heavy atom. The van der Waals surface area contributed by atoms with Gasteiger partial charge in [0.05, 0.1) is 19.1 Å². The quantitative estimate of drug-likeness (QED) is 0.0761. The van der Waals surface area contributed by atoms with Crippen LogP contribution >= 0.6 is 0 Å². The number of nitrogens with two attached hydrogens (primary N) is 2. The van der Waals surface area contributed by atoms with Gasteiger partial charge in [0, 0.05) is 6.54 Å². The highest BCUT2D eigenvalue weighted by Crippen LogP contribution is 2.18. The van der Waals surface area contributed by atoms with Gasteiger partial charge in [-0.15, -0.1) is 0 Å². The monoisotopic (exact) mass is 654 g/mol. The third-order valence-corrected chi connectivity index (χ3v) is 6.91. The summed E-state index contributed by atoms with van der Waals surface area (Å²) in [5, 5.41) is 16.7. The summed E-state index contributed by atoms with van der Waals surface area (Å²) in [5.74, 6) is -5.83. The maximum Gasteiger partial charge on any atom is 0.245 e. The van der Waals surface area contributed by atoms with E-state index in [9.17, 15) is 43.2 Å². The third kappa shape index (κ3) is 12.7. The van der Waals surface area contributed by atoms with Crippen molar-refractivity contribution in [3.8, 4) is 0 Å². The van der Waals surface area contributed by atoms with Crippen molar-refractivity contribution in [3.63, 3.8) is 0 Å². The SMILES string of the molecule is C[C@H](NC(=O)CNC(=O)[C@@H]1CCCN1C(=O)[C@H](C)NC(=O)[C@H](C)NC(=O)[C@H](C)NC(=O)CNC(=O)[C@H](C)NC(=O)[C@@H](C)N)C(N)=O. The summed E-state index contributed by atoms with van der Waals surface area (Å²) in [7, 11) is 0. The van der Waals surface area contributed by atoms with Gasteiger partial charge in [-0.05, 0) is 54.4 Å². The van der Waals surface area contributed by atoms with Gasteiger partial charge in [0.1, 0.15) is 36.3 Å². The lowest BCUT2D eigenvalue weighted by atomic mass is 10.1. The second-order valence-electron chi connectivity index (χ2n) is 11.1. The van der Waals surface area contributed by atoms with Crippen LogP contribution < -0.4 is 48.7 Å². The molecule has 0 aromatic carbocycles. The number of carbonyl (C=O) groups excluding carboxylic acids is 9. The summed E-state index contributed by atoms with van der Waals surface area (Å²) >= 11 is 0. The number of hydrogen-bond acceptors (Lipinski definition) is 10. The van der Waals surface area contributed by atoms with Crippen LogP contribution in [0.5, 0.6) is 0 Å². The highest BCUT2D eigenvalue weighted by Gasteiger charge is 2.37. The zero-order valence-corrected chi connectivity index (χ0v) is 26.9. The Kier molecular flexibility index (Phi) is 15.5. The molecule has 19 heteroatoms. The number of primary amides is 1. The van der Waals surface area contributed by atoms with Crippen LogP contribution in [0.15, 0.2) is 0 Å². The molecule has 1 heterocycles. The van der Waals surface area contributed by atoms with Gasteiger partial charge in [0.15, 0.2) is 0 Å². The minimum atomic E-state index is -1.12. The number of rotatable bonds is 16. The molecule has 0 spiro atoms. The van der Waals surface area contributed by atoms with E-state index in [0.717, 1.165) is 0 Å². The van der Waals surface area contributed by atoms with E-state index in [0.29, 0.717) is 12.8 Å². The van der Waals surface area contributed by atoms with Crippen molar-refractivity contribution in [2.24, 2.45) is 11.5 Å². The van der Waals surface area contributed by atoms with Gasteiger partial charge >= 0.3 is 0 Å². The van der Waals surface area contributed by atoms with Crippen LogP contribution in [-0.2, 0) is 43.2 Å². The van der Waals surface area contributed by atoms with Crippen LogP contribution in [0.2, 0.25) is 0 Å². The summed E-state index contributed by atoms with van der Waals surface area (Å²) in [6.45, 7) is 7.72. The molecule has 9 amide bonds. The van der Waals surface area contributed by atoms with E-state index >= 15 is 0 Å². The first-order chi connectivity index (χ1) is 21.3. The molecular weight excluding hydrogens is 608 g/mol. The number of amides is 9. The van der Waals surface area contributed by atoms with Crippen molar-refractivity contribution in [1.82, 2.24) is 42.1 Å². The Bertz CT molecular complexity index is 1190. The lowest BCUT2D eigenvalue weighted by Crippen LogP contribution is -2.57. The summed E-state index contributed by atoms with van der Waals surface area (Å²) in [6, 6.07) is -6.86. The third-order valence-electron chi connectivity index (χ3n) is 6.91. The number of likely N-dealkylation sites (tertiary alicyclic amines) is 1. The fourth-order valence-electron chi connectivity index (χ4n) is 4.09. The first-order valence-corrected chi connectivity index (χ1v) is 14.8. The average Bonchev–Trinajstić information content (AvgIpc) is 3.47. The van der Waals surface area contributed by atoms with Crippen LogP contribution in [0.4, 0.5) is 0 Å². The Labute approximate surface area is 266 Å². The number of carbonyl (C=O) groups is 9. The Hall–Kier alpha value is -4.81. The topological polar surface area (TPSA) is 293 Å². The van der Waals surface area contributed by atoms with E-state index in [4.69, 9.17) is 11.5 Å².